The summed E-state index contributed by atoms with van der Waals surface area (Å²) in [4.78, 5) is 15.4. The third kappa shape index (κ3) is 3.36. The van der Waals surface area contributed by atoms with Crippen LogP contribution in [0, 0.1) is 5.82 Å². The Morgan fingerprint density at radius 3 is 2.81 bits per heavy atom. The number of methoxy groups -OCH3 is 1. The molecule has 0 saturated heterocycles. The van der Waals surface area contributed by atoms with Crippen molar-refractivity contribution in [2.75, 3.05) is 12.4 Å². The van der Waals surface area contributed by atoms with Gasteiger partial charge in [0.1, 0.15) is 23.0 Å². The molecule has 6 nitrogen and oxygen atoms in total. The highest BCUT2D eigenvalue weighted by Crippen LogP contribution is 2.39. The first-order valence-electron chi connectivity index (χ1n) is 7.34. The molecule has 0 saturated carbocycles. The number of ether oxygens (including phenoxy) is 1. The number of anilines is 1. The van der Waals surface area contributed by atoms with Gasteiger partial charge in [0.25, 0.3) is 0 Å². The summed E-state index contributed by atoms with van der Waals surface area (Å²) in [5, 5.41) is 6.66. The fourth-order valence-electron chi connectivity index (χ4n) is 2.36. The van der Waals surface area contributed by atoms with Crippen LogP contribution in [-0.4, -0.2) is 23.2 Å². The molecular formula is C17H12Cl2FN3O3. The predicted molar refractivity (Wildman–Crippen MR) is 96.0 cm³/mol. The number of halogens is 3. The number of rotatable bonds is 4. The van der Waals surface area contributed by atoms with Crippen LogP contribution in [0.4, 0.5) is 10.1 Å². The molecule has 3 aromatic rings. The van der Waals surface area contributed by atoms with Crippen LogP contribution in [0.3, 0.4) is 0 Å². The Bertz CT molecular complexity index is 991. The summed E-state index contributed by atoms with van der Waals surface area (Å²) in [5.74, 6) is -0.379. The Balaban J connectivity index is 2.08. The quantitative estimate of drug-likeness (QED) is 0.685. The third-order valence-corrected chi connectivity index (χ3v) is 4.12. The van der Waals surface area contributed by atoms with E-state index in [4.69, 9.17) is 32.5 Å². The molecule has 0 spiro atoms. The molecule has 0 radical (unpaired) electrons. The van der Waals surface area contributed by atoms with E-state index in [0.717, 1.165) is 0 Å². The minimum atomic E-state index is -0.515. The van der Waals surface area contributed by atoms with Gasteiger partial charge >= 0.3 is 0 Å². The number of benzene rings is 1. The molecule has 26 heavy (non-hydrogen) atoms. The van der Waals surface area contributed by atoms with E-state index in [1.807, 2.05) is 0 Å². The summed E-state index contributed by atoms with van der Waals surface area (Å²) < 4.78 is 24.6. The average molecular weight is 396 g/mol. The van der Waals surface area contributed by atoms with E-state index in [0.29, 0.717) is 5.75 Å². The van der Waals surface area contributed by atoms with Gasteiger partial charge in [0, 0.05) is 19.2 Å². The number of amides is 1. The largest absolute Gasteiger partial charge is 0.496 e. The summed E-state index contributed by atoms with van der Waals surface area (Å²) in [6.45, 7) is 1.32. The number of carbonyl (C=O) groups is 1. The standard InChI is InChI=1S/C17H12Cl2FN3O3/c1-8(24)22-16-9(18)7-21-17(15(16)19)13-6-11(23-26-13)14-10(20)4-3-5-12(14)25-2/h3-7H,1-2H3,(H,21,22,24). The van der Waals surface area contributed by atoms with Crippen molar-refractivity contribution in [2.45, 2.75) is 6.92 Å². The lowest BCUT2D eigenvalue weighted by molar-refractivity contribution is -0.114. The number of nitrogens with zero attached hydrogens (tertiary/aromatic N) is 2. The van der Waals surface area contributed by atoms with Gasteiger partial charge in [0.15, 0.2) is 5.76 Å². The van der Waals surface area contributed by atoms with Gasteiger partial charge in [-0.15, -0.1) is 0 Å². The Morgan fingerprint density at radius 2 is 2.12 bits per heavy atom. The zero-order chi connectivity index (χ0) is 18.8. The van der Waals surface area contributed by atoms with Gasteiger partial charge < -0.3 is 14.6 Å². The molecule has 2 heterocycles. The van der Waals surface area contributed by atoms with Gasteiger partial charge in [0.05, 0.1) is 28.4 Å². The first-order valence-corrected chi connectivity index (χ1v) is 8.09. The summed E-state index contributed by atoms with van der Waals surface area (Å²) in [6, 6.07) is 5.89. The number of hydrogen-bond acceptors (Lipinski definition) is 5. The van der Waals surface area contributed by atoms with E-state index >= 15 is 0 Å². The summed E-state index contributed by atoms with van der Waals surface area (Å²) >= 11 is 12.3. The van der Waals surface area contributed by atoms with Gasteiger partial charge in [-0.1, -0.05) is 34.4 Å². The van der Waals surface area contributed by atoms with E-state index in [-0.39, 0.29) is 44.4 Å². The first kappa shape index (κ1) is 18.2. The van der Waals surface area contributed by atoms with Gasteiger partial charge in [-0.2, -0.15) is 0 Å². The zero-order valence-corrected chi connectivity index (χ0v) is 15.2. The molecule has 0 aliphatic rings. The second kappa shape index (κ2) is 7.31. The Morgan fingerprint density at radius 1 is 1.35 bits per heavy atom. The lowest BCUT2D eigenvalue weighted by Crippen LogP contribution is -2.07. The van der Waals surface area contributed by atoms with Gasteiger partial charge in [-0.25, -0.2) is 9.37 Å². The molecular weight excluding hydrogens is 384 g/mol. The second-order valence-electron chi connectivity index (χ2n) is 5.22. The summed E-state index contributed by atoms with van der Waals surface area (Å²) in [6.07, 6.45) is 1.32. The Kier molecular flexibility index (Phi) is 5.11. The van der Waals surface area contributed by atoms with Gasteiger partial charge in [0.2, 0.25) is 5.91 Å². The smallest absolute Gasteiger partial charge is 0.221 e. The maximum atomic E-state index is 14.2. The molecule has 3 rings (SSSR count). The van der Waals surface area contributed by atoms with Crippen LogP contribution in [0.2, 0.25) is 10.0 Å². The van der Waals surface area contributed by atoms with Gasteiger partial charge in [-0.3, -0.25) is 4.79 Å². The Labute approximate surface area is 157 Å². The van der Waals surface area contributed by atoms with Crippen LogP contribution in [0.5, 0.6) is 5.75 Å². The molecule has 0 fully saturated rings. The van der Waals surface area contributed by atoms with Crippen LogP contribution in [0.1, 0.15) is 6.92 Å². The molecule has 0 bridgehead atoms. The van der Waals surface area contributed by atoms with Crippen LogP contribution in [0.25, 0.3) is 22.7 Å². The van der Waals surface area contributed by atoms with E-state index in [1.54, 1.807) is 6.07 Å². The van der Waals surface area contributed by atoms with Crippen molar-refractivity contribution in [3.8, 4) is 28.5 Å². The number of aromatic nitrogens is 2. The van der Waals surface area contributed by atoms with Crippen molar-refractivity contribution >= 4 is 34.8 Å². The monoisotopic (exact) mass is 395 g/mol. The molecule has 1 amide bonds. The molecule has 1 N–H and O–H groups in total. The lowest BCUT2D eigenvalue weighted by atomic mass is 10.1. The van der Waals surface area contributed by atoms with Crippen LogP contribution in [0.15, 0.2) is 35.0 Å². The van der Waals surface area contributed by atoms with Crippen molar-refractivity contribution in [3.63, 3.8) is 0 Å². The molecule has 0 aliphatic heterocycles. The molecule has 0 aliphatic carbocycles. The van der Waals surface area contributed by atoms with E-state index in [9.17, 15) is 9.18 Å². The minimum absolute atomic E-state index is 0.0795. The SMILES string of the molecule is COc1cccc(F)c1-c1cc(-c2ncc(Cl)c(NC(C)=O)c2Cl)on1. The summed E-state index contributed by atoms with van der Waals surface area (Å²) in [7, 11) is 1.43. The Hall–Kier alpha value is -2.64. The average Bonchev–Trinajstić information content (AvgIpc) is 3.07. The normalized spacial score (nSPS) is 10.7. The summed E-state index contributed by atoms with van der Waals surface area (Å²) in [5.41, 5.74) is 0.766. The number of carbonyl (C=O) groups excluding carboxylic acids is 1. The highest BCUT2D eigenvalue weighted by atomic mass is 35.5. The van der Waals surface area contributed by atoms with Crippen molar-refractivity contribution < 1.29 is 18.4 Å². The van der Waals surface area contributed by atoms with Crippen molar-refractivity contribution in [2.24, 2.45) is 0 Å². The molecule has 0 atom stereocenters. The number of nitrogens with one attached hydrogen (secondary N) is 1. The highest BCUT2D eigenvalue weighted by Gasteiger charge is 2.21. The van der Waals surface area contributed by atoms with Gasteiger partial charge in [-0.05, 0) is 12.1 Å². The van der Waals surface area contributed by atoms with Crippen LogP contribution in [-0.2, 0) is 4.79 Å². The molecule has 2 aromatic heterocycles. The second-order valence-corrected chi connectivity index (χ2v) is 6.00. The highest BCUT2D eigenvalue weighted by molar-refractivity contribution is 6.41. The first-order chi connectivity index (χ1) is 12.4. The van der Waals surface area contributed by atoms with Crippen LogP contribution < -0.4 is 10.1 Å². The fourth-order valence-corrected chi connectivity index (χ4v) is 2.89. The van der Waals surface area contributed by atoms with E-state index in [1.165, 1.54) is 38.4 Å². The lowest BCUT2D eigenvalue weighted by Gasteiger charge is -2.09. The van der Waals surface area contributed by atoms with Crippen molar-refractivity contribution in [1.82, 2.24) is 10.1 Å². The maximum absolute atomic E-state index is 14.2. The third-order valence-electron chi connectivity index (χ3n) is 3.47. The maximum Gasteiger partial charge on any atom is 0.221 e. The topological polar surface area (TPSA) is 77.2 Å². The van der Waals surface area contributed by atoms with E-state index in [2.05, 4.69) is 15.5 Å². The fraction of sp³-hybridized carbons (Fsp3) is 0.118. The number of pyridine rings is 1. The van der Waals surface area contributed by atoms with E-state index < -0.39 is 5.82 Å². The minimum Gasteiger partial charge on any atom is -0.496 e. The molecule has 1 aromatic carbocycles. The molecule has 0 unspecified atom stereocenters. The van der Waals surface area contributed by atoms with Crippen molar-refractivity contribution in [1.29, 1.82) is 0 Å². The van der Waals surface area contributed by atoms with Crippen LogP contribution >= 0.6 is 23.2 Å². The van der Waals surface area contributed by atoms with Crippen molar-refractivity contribution in [3.05, 3.63) is 46.3 Å². The molecule has 134 valence electrons. The zero-order valence-electron chi connectivity index (χ0n) is 13.6. The molecule has 9 heteroatoms. The predicted octanol–water partition coefficient (Wildman–Crippen LogP) is 4.82. The number of hydrogen-bond donors (Lipinski definition) is 1.